The summed E-state index contributed by atoms with van der Waals surface area (Å²) in [6.45, 7) is 7.40. The Morgan fingerprint density at radius 1 is 1.00 bits per heavy atom. The van der Waals surface area contributed by atoms with Gasteiger partial charge in [-0.05, 0) is 11.8 Å². The molecule has 0 aromatic rings. The summed E-state index contributed by atoms with van der Waals surface area (Å²) in [6, 6.07) is 0. The third-order valence-corrected chi connectivity index (χ3v) is 3.38. The maximum absolute atomic E-state index is 11.6. The normalized spacial score (nSPS) is 13.4. The van der Waals surface area contributed by atoms with Crippen molar-refractivity contribution in [3.63, 3.8) is 0 Å². The van der Waals surface area contributed by atoms with Crippen LogP contribution < -0.4 is 0 Å². The highest BCUT2D eigenvalue weighted by atomic mass is 31.2. The summed E-state index contributed by atoms with van der Waals surface area (Å²) in [7, 11) is -4.77. The van der Waals surface area contributed by atoms with Crippen LogP contribution in [0.15, 0.2) is 0 Å². The maximum atomic E-state index is 11.6. The predicted molar refractivity (Wildman–Crippen MR) is 72.0 cm³/mol. The lowest BCUT2D eigenvalue weighted by Gasteiger charge is -2.17. The molecule has 0 saturated heterocycles. The molecule has 8 heteroatoms. The quantitative estimate of drug-likeness (QED) is 0.514. The van der Waals surface area contributed by atoms with Crippen molar-refractivity contribution < 1.29 is 33.4 Å². The molecule has 0 heterocycles. The van der Waals surface area contributed by atoms with Crippen molar-refractivity contribution >= 4 is 19.5 Å². The first kappa shape index (κ1) is 19.1. The molecule has 20 heavy (non-hydrogen) atoms. The van der Waals surface area contributed by atoms with E-state index >= 15 is 0 Å². The van der Waals surface area contributed by atoms with Crippen LogP contribution in [0.5, 0.6) is 0 Å². The number of ether oxygens (including phenoxy) is 2. The molecule has 0 aliphatic heterocycles. The zero-order valence-electron chi connectivity index (χ0n) is 12.2. The van der Waals surface area contributed by atoms with Crippen molar-refractivity contribution in [1.29, 1.82) is 0 Å². The van der Waals surface area contributed by atoms with Gasteiger partial charge < -0.3 is 19.3 Å². The third-order valence-electron chi connectivity index (χ3n) is 2.17. The molecule has 0 rings (SSSR count). The van der Waals surface area contributed by atoms with Crippen LogP contribution in [0.4, 0.5) is 0 Å². The largest absolute Gasteiger partial charge is 0.465 e. The van der Waals surface area contributed by atoms with Gasteiger partial charge in [0.15, 0.2) is 5.66 Å². The molecule has 0 amide bonds. The van der Waals surface area contributed by atoms with Crippen molar-refractivity contribution in [3.8, 4) is 0 Å². The van der Waals surface area contributed by atoms with Crippen LogP contribution in [-0.2, 0) is 23.6 Å². The molecule has 0 aromatic heterocycles. The first-order chi connectivity index (χ1) is 9.04. The van der Waals surface area contributed by atoms with Gasteiger partial charge >= 0.3 is 19.5 Å². The van der Waals surface area contributed by atoms with E-state index in [9.17, 15) is 14.2 Å². The second-order valence-corrected chi connectivity index (χ2v) is 7.21. The Labute approximate surface area is 118 Å². The molecule has 0 aliphatic carbocycles. The van der Waals surface area contributed by atoms with Crippen LogP contribution in [0.3, 0.4) is 0 Å². The van der Waals surface area contributed by atoms with Gasteiger partial charge in [0.05, 0.1) is 19.6 Å². The van der Waals surface area contributed by atoms with E-state index in [4.69, 9.17) is 19.3 Å². The highest BCUT2D eigenvalue weighted by Crippen LogP contribution is 2.43. The van der Waals surface area contributed by atoms with E-state index in [1.54, 1.807) is 13.8 Å². The van der Waals surface area contributed by atoms with Crippen molar-refractivity contribution in [1.82, 2.24) is 0 Å². The molecular formula is C12H23O7P. The van der Waals surface area contributed by atoms with Crippen molar-refractivity contribution in [3.05, 3.63) is 0 Å². The van der Waals surface area contributed by atoms with Gasteiger partial charge in [-0.2, -0.15) is 0 Å². The number of hydrogen-bond acceptors (Lipinski definition) is 5. The van der Waals surface area contributed by atoms with Crippen LogP contribution >= 0.6 is 7.60 Å². The second-order valence-electron chi connectivity index (χ2n) is 5.41. The molecule has 0 fully saturated rings. The van der Waals surface area contributed by atoms with Gasteiger partial charge in [0.2, 0.25) is 0 Å². The molecule has 0 radical (unpaired) electrons. The lowest BCUT2D eigenvalue weighted by Crippen LogP contribution is -2.28. The van der Waals surface area contributed by atoms with Gasteiger partial charge in [-0.1, -0.05) is 27.7 Å². The molecule has 1 atom stereocenters. The van der Waals surface area contributed by atoms with E-state index < -0.39 is 31.6 Å². The van der Waals surface area contributed by atoms with Crippen molar-refractivity contribution in [2.24, 2.45) is 11.8 Å². The summed E-state index contributed by atoms with van der Waals surface area (Å²) in [5, 5.41) is 0. The van der Waals surface area contributed by atoms with E-state index in [1.807, 2.05) is 13.8 Å². The standard InChI is InChI=1S/C12H23O7P/c1-8(2)6-18-11(13)5-10(20(15,16)17)12(14)19-7-9(3)4/h8-10H,5-7H2,1-4H3,(H2,15,16,17). The first-order valence-electron chi connectivity index (χ1n) is 6.41. The zero-order chi connectivity index (χ0) is 15.9. The topological polar surface area (TPSA) is 110 Å². The van der Waals surface area contributed by atoms with Gasteiger partial charge in [-0.3, -0.25) is 14.2 Å². The second kappa shape index (κ2) is 8.39. The van der Waals surface area contributed by atoms with E-state index in [2.05, 4.69) is 0 Å². The lowest BCUT2D eigenvalue weighted by atomic mass is 10.2. The molecule has 0 aromatic carbocycles. The molecule has 0 aliphatic rings. The fraction of sp³-hybridized carbons (Fsp3) is 0.833. The Balaban J connectivity index is 4.62. The average molecular weight is 310 g/mol. The van der Waals surface area contributed by atoms with Gasteiger partial charge in [-0.25, -0.2) is 0 Å². The molecule has 7 nitrogen and oxygen atoms in total. The Morgan fingerprint density at radius 3 is 1.85 bits per heavy atom. The van der Waals surface area contributed by atoms with Crippen LogP contribution in [0, 0.1) is 11.8 Å². The molecule has 1 unspecified atom stereocenters. The van der Waals surface area contributed by atoms with Crippen LogP contribution in [-0.4, -0.2) is 40.6 Å². The number of esters is 2. The monoisotopic (exact) mass is 310 g/mol. The summed E-state index contributed by atoms with van der Waals surface area (Å²) in [4.78, 5) is 41.4. The average Bonchev–Trinajstić information content (AvgIpc) is 2.28. The molecule has 0 spiro atoms. The minimum atomic E-state index is -4.77. The highest BCUT2D eigenvalue weighted by molar-refractivity contribution is 7.53. The SMILES string of the molecule is CC(C)COC(=O)CC(C(=O)OCC(C)C)P(=O)(O)O. The molecule has 0 saturated carbocycles. The van der Waals surface area contributed by atoms with E-state index in [0.29, 0.717) is 0 Å². The van der Waals surface area contributed by atoms with Crippen molar-refractivity contribution in [2.75, 3.05) is 13.2 Å². The smallest absolute Gasteiger partial charge is 0.340 e. The van der Waals surface area contributed by atoms with Crippen LogP contribution in [0.2, 0.25) is 0 Å². The highest BCUT2D eigenvalue weighted by Gasteiger charge is 2.39. The van der Waals surface area contributed by atoms with Crippen molar-refractivity contribution in [2.45, 2.75) is 39.8 Å². The van der Waals surface area contributed by atoms with Crippen LogP contribution in [0.25, 0.3) is 0 Å². The fourth-order valence-electron chi connectivity index (χ4n) is 1.16. The molecule has 0 bridgehead atoms. The Kier molecular flexibility index (Phi) is 8.01. The Bertz CT molecular complexity index is 372. The number of hydrogen-bond donors (Lipinski definition) is 2. The summed E-state index contributed by atoms with van der Waals surface area (Å²) in [6.07, 6.45) is -0.687. The summed E-state index contributed by atoms with van der Waals surface area (Å²) < 4.78 is 20.9. The summed E-state index contributed by atoms with van der Waals surface area (Å²) >= 11 is 0. The Hall–Kier alpha value is -0.910. The number of rotatable bonds is 8. The van der Waals surface area contributed by atoms with E-state index in [-0.39, 0.29) is 25.0 Å². The number of carbonyl (C=O) groups excluding carboxylic acids is 2. The van der Waals surface area contributed by atoms with Gasteiger partial charge in [0, 0.05) is 0 Å². The summed E-state index contributed by atoms with van der Waals surface area (Å²) in [5.74, 6) is -1.77. The van der Waals surface area contributed by atoms with E-state index in [1.165, 1.54) is 0 Å². The minimum absolute atomic E-state index is 0.0317. The predicted octanol–water partition coefficient (Wildman–Crippen LogP) is 1.32. The van der Waals surface area contributed by atoms with Gasteiger partial charge in [0.1, 0.15) is 0 Å². The fourth-order valence-corrected chi connectivity index (χ4v) is 1.90. The molecule has 2 N–H and O–H groups in total. The summed E-state index contributed by atoms with van der Waals surface area (Å²) in [5.41, 5.74) is -1.80. The van der Waals surface area contributed by atoms with Gasteiger partial charge in [-0.15, -0.1) is 0 Å². The minimum Gasteiger partial charge on any atom is -0.465 e. The maximum Gasteiger partial charge on any atom is 0.340 e. The lowest BCUT2D eigenvalue weighted by molar-refractivity contribution is -0.151. The molecule has 118 valence electrons. The third kappa shape index (κ3) is 8.30. The number of carbonyl (C=O) groups is 2. The van der Waals surface area contributed by atoms with Gasteiger partial charge in [0.25, 0.3) is 0 Å². The zero-order valence-corrected chi connectivity index (χ0v) is 13.1. The Morgan fingerprint density at radius 2 is 1.45 bits per heavy atom. The van der Waals surface area contributed by atoms with Crippen LogP contribution in [0.1, 0.15) is 34.1 Å². The van der Waals surface area contributed by atoms with E-state index in [0.717, 1.165) is 0 Å². The first-order valence-corrected chi connectivity index (χ1v) is 8.09. The molecular weight excluding hydrogens is 287 g/mol.